The summed E-state index contributed by atoms with van der Waals surface area (Å²) in [6.07, 6.45) is -0.481. The van der Waals surface area contributed by atoms with E-state index >= 15 is 0 Å². The maximum absolute atomic E-state index is 13.3. The Hall–Kier alpha value is -1.97. The van der Waals surface area contributed by atoms with Gasteiger partial charge in [0.1, 0.15) is 5.75 Å². The van der Waals surface area contributed by atoms with Crippen LogP contribution in [0.5, 0.6) is 5.75 Å². The van der Waals surface area contributed by atoms with Crippen LogP contribution in [0.15, 0.2) is 59.5 Å². The van der Waals surface area contributed by atoms with Crippen LogP contribution in [0.25, 0.3) is 0 Å². The molecule has 166 valence electrons. The Morgan fingerprint density at radius 3 is 2.17 bits per heavy atom. The smallest absolute Gasteiger partial charge is 0.243 e. The van der Waals surface area contributed by atoms with E-state index in [-0.39, 0.29) is 23.9 Å². The van der Waals surface area contributed by atoms with Crippen molar-refractivity contribution in [3.8, 4) is 5.75 Å². The van der Waals surface area contributed by atoms with Gasteiger partial charge in [0.05, 0.1) is 31.3 Å². The lowest BCUT2D eigenvalue weighted by atomic mass is 10.0. The third kappa shape index (κ3) is 6.78. The maximum Gasteiger partial charge on any atom is 0.243 e. The second kappa shape index (κ2) is 11.4. The number of methoxy groups -OCH3 is 1. The van der Waals surface area contributed by atoms with E-state index in [2.05, 4.69) is 5.48 Å². The van der Waals surface area contributed by atoms with Gasteiger partial charge in [0.15, 0.2) is 0 Å². The number of hydroxylamine groups is 1. The number of aliphatic hydroxyl groups is 1. The fourth-order valence-electron chi connectivity index (χ4n) is 3.19. The first kappa shape index (κ1) is 24.3. The van der Waals surface area contributed by atoms with Gasteiger partial charge in [-0.25, -0.2) is 8.42 Å². The molecule has 0 aliphatic heterocycles. The summed E-state index contributed by atoms with van der Waals surface area (Å²) < 4.78 is 33.0. The predicted octanol–water partition coefficient (Wildman–Crippen LogP) is 2.47. The summed E-state index contributed by atoms with van der Waals surface area (Å²) in [4.78, 5) is 5.23. The molecule has 0 fully saturated rings. The Bertz CT molecular complexity index is 857. The van der Waals surface area contributed by atoms with Gasteiger partial charge < -0.3 is 14.7 Å². The predicted molar refractivity (Wildman–Crippen MR) is 117 cm³/mol. The van der Waals surface area contributed by atoms with Gasteiger partial charge in [-0.1, -0.05) is 44.2 Å². The standard InChI is InChI=1S/C22H32N2O5S/c1-17(2)15-24(30(26,27)20-12-10-19(28-3)11-13-20)16-22(25)21(23-29-4)14-18-8-6-5-7-9-18/h5-13,17,21-23,25H,14-16H2,1-4H3/t21-,22+/m0/s1. The van der Waals surface area contributed by atoms with Crippen molar-refractivity contribution in [2.24, 2.45) is 5.92 Å². The average molecular weight is 437 g/mol. The topological polar surface area (TPSA) is 88.1 Å². The summed E-state index contributed by atoms with van der Waals surface area (Å²) in [5, 5.41) is 10.9. The monoisotopic (exact) mass is 436 g/mol. The van der Waals surface area contributed by atoms with Crippen molar-refractivity contribution >= 4 is 10.0 Å². The number of nitrogens with one attached hydrogen (secondary N) is 1. The lowest BCUT2D eigenvalue weighted by Crippen LogP contribution is -2.49. The Labute approximate surface area is 179 Å². The molecule has 0 spiro atoms. The number of hydrogen-bond acceptors (Lipinski definition) is 6. The van der Waals surface area contributed by atoms with Crippen LogP contribution in [0.3, 0.4) is 0 Å². The number of aliphatic hydroxyl groups excluding tert-OH is 1. The van der Waals surface area contributed by atoms with E-state index in [1.807, 2.05) is 44.2 Å². The van der Waals surface area contributed by atoms with Crippen molar-refractivity contribution in [1.29, 1.82) is 0 Å². The number of ether oxygens (including phenoxy) is 1. The molecule has 2 N–H and O–H groups in total. The Kier molecular flexibility index (Phi) is 9.26. The van der Waals surface area contributed by atoms with Crippen molar-refractivity contribution in [2.45, 2.75) is 37.3 Å². The van der Waals surface area contributed by atoms with Crippen LogP contribution in [0.1, 0.15) is 19.4 Å². The lowest BCUT2D eigenvalue weighted by molar-refractivity contribution is 0.000221. The molecule has 2 aromatic rings. The van der Waals surface area contributed by atoms with E-state index in [0.717, 1.165) is 5.56 Å². The van der Waals surface area contributed by atoms with Gasteiger partial charge in [0.2, 0.25) is 10.0 Å². The lowest BCUT2D eigenvalue weighted by Gasteiger charge is -2.30. The minimum atomic E-state index is -3.79. The number of hydrogen-bond donors (Lipinski definition) is 2. The van der Waals surface area contributed by atoms with Crippen LogP contribution < -0.4 is 10.2 Å². The maximum atomic E-state index is 13.3. The highest BCUT2D eigenvalue weighted by atomic mass is 32.2. The zero-order chi connectivity index (χ0) is 22.1. The largest absolute Gasteiger partial charge is 0.497 e. The van der Waals surface area contributed by atoms with Gasteiger partial charge in [-0.15, -0.1) is 0 Å². The fraction of sp³-hybridized carbons (Fsp3) is 0.455. The Morgan fingerprint density at radius 1 is 1.00 bits per heavy atom. The molecular formula is C22H32N2O5S. The summed E-state index contributed by atoms with van der Waals surface area (Å²) >= 11 is 0. The molecule has 2 rings (SSSR count). The summed E-state index contributed by atoms with van der Waals surface area (Å²) in [6, 6.07) is 15.5. The van der Waals surface area contributed by atoms with Crippen molar-refractivity contribution in [1.82, 2.24) is 9.79 Å². The van der Waals surface area contributed by atoms with Gasteiger partial charge in [-0.05, 0) is 42.2 Å². The van der Waals surface area contributed by atoms with Crippen LogP contribution in [-0.2, 0) is 21.3 Å². The van der Waals surface area contributed by atoms with Crippen molar-refractivity contribution in [2.75, 3.05) is 27.3 Å². The van der Waals surface area contributed by atoms with Crippen molar-refractivity contribution in [3.05, 3.63) is 60.2 Å². The van der Waals surface area contributed by atoms with Crippen molar-refractivity contribution < 1.29 is 23.1 Å². The fourth-order valence-corrected chi connectivity index (χ4v) is 4.81. The Balaban J connectivity index is 2.23. The van der Waals surface area contributed by atoms with Gasteiger partial charge in [-0.2, -0.15) is 9.79 Å². The second-order valence-corrected chi connectivity index (χ2v) is 9.51. The number of sulfonamides is 1. The number of rotatable bonds is 12. The molecule has 0 heterocycles. The molecule has 0 aromatic heterocycles. The van der Waals surface area contributed by atoms with Gasteiger partial charge >= 0.3 is 0 Å². The third-order valence-electron chi connectivity index (χ3n) is 4.69. The molecule has 7 nitrogen and oxygen atoms in total. The van der Waals surface area contributed by atoms with E-state index in [1.54, 1.807) is 12.1 Å². The van der Waals surface area contributed by atoms with Gasteiger partial charge in [0, 0.05) is 13.1 Å². The highest BCUT2D eigenvalue weighted by molar-refractivity contribution is 7.89. The molecule has 0 radical (unpaired) electrons. The Morgan fingerprint density at radius 2 is 1.63 bits per heavy atom. The van der Waals surface area contributed by atoms with Gasteiger partial charge in [0.25, 0.3) is 0 Å². The molecule has 0 saturated carbocycles. The molecule has 2 aromatic carbocycles. The normalized spacial score (nSPS) is 14.1. The number of benzene rings is 2. The average Bonchev–Trinajstić information content (AvgIpc) is 2.73. The highest BCUT2D eigenvalue weighted by Gasteiger charge is 2.30. The molecule has 0 bridgehead atoms. The molecule has 0 amide bonds. The van der Waals surface area contributed by atoms with E-state index in [0.29, 0.717) is 12.2 Å². The van der Waals surface area contributed by atoms with E-state index in [1.165, 1.54) is 30.7 Å². The molecule has 0 aliphatic rings. The van der Waals surface area contributed by atoms with Gasteiger partial charge in [-0.3, -0.25) is 0 Å². The summed E-state index contributed by atoms with van der Waals surface area (Å²) in [5.41, 5.74) is 3.82. The number of nitrogens with zero attached hydrogens (tertiary/aromatic N) is 1. The van der Waals surface area contributed by atoms with Crippen molar-refractivity contribution in [3.63, 3.8) is 0 Å². The zero-order valence-electron chi connectivity index (χ0n) is 18.0. The SMILES string of the molecule is CON[C@@H](Cc1ccccc1)[C@H](O)CN(CC(C)C)S(=O)(=O)c1ccc(OC)cc1. The van der Waals surface area contributed by atoms with E-state index in [9.17, 15) is 13.5 Å². The van der Waals surface area contributed by atoms with Crippen LogP contribution in [-0.4, -0.2) is 57.3 Å². The molecule has 8 heteroatoms. The third-order valence-corrected chi connectivity index (χ3v) is 6.53. The minimum absolute atomic E-state index is 0.0552. The zero-order valence-corrected chi connectivity index (χ0v) is 18.8. The van der Waals surface area contributed by atoms with Crippen LogP contribution in [0.2, 0.25) is 0 Å². The molecule has 0 saturated heterocycles. The molecule has 0 unspecified atom stereocenters. The van der Waals surface area contributed by atoms with Crippen LogP contribution >= 0.6 is 0 Å². The molecular weight excluding hydrogens is 404 g/mol. The molecule has 0 aliphatic carbocycles. The minimum Gasteiger partial charge on any atom is -0.497 e. The first-order valence-electron chi connectivity index (χ1n) is 9.92. The van der Waals surface area contributed by atoms with Crippen LogP contribution in [0.4, 0.5) is 0 Å². The summed E-state index contributed by atoms with van der Waals surface area (Å²) in [5.74, 6) is 0.671. The summed E-state index contributed by atoms with van der Waals surface area (Å²) in [6.45, 7) is 4.12. The quantitative estimate of drug-likeness (QED) is 0.497. The summed E-state index contributed by atoms with van der Waals surface area (Å²) in [7, 11) is -0.783. The first-order valence-corrected chi connectivity index (χ1v) is 11.4. The first-order chi connectivity index (χ1) is 14.3. The highest BCUT2D eigenvalue weighted by Crippen LogP contribution is 2.21. The molecule has 2 atom stereocenters. The molecule has 30 heavy (non-hydrogen) atoms. The van der Waals surface area contributed by atoms with E-state index < -0.39 is 22.2 Å². The second-order valence-electron chi connectivity index (χ2n) is 7.58. The van der Waals surface area contributed by atoms with Crippen LogP contribution in [0, 0.1) is 5.92 Å². The van der Waals surface area contributed by atoms with E-state index in [4.69, 9.17) is 9.57 Å².